The van der Waals surface area contributed by atoms with Crippen LogP contribution in [0.25, 0.3) is 22.7 Å². The minimum atomic E-state index is -2.65. The zero-order chi connectivity index (χ0) is 27.1. The zero-order valence-electron chi connectivity index (χ0n) is 20.5. The highest BCUT2D eigenvalue weighted by Crippen LogP contribution is 2.32. The molecule has 6 rings (SSSR count). The molecule has 0 amide bonds. The number of benzene rings is 1. The summed E-state index contributed by atoms with van der Waals surface area (Å²) >= 11 is 0. The summed E-state index contributed by atoms with van der Waals surface area (Å²) in [4.78, 5) is 40.7. The first-order valence-electron chi connectivity index (χ1n) is 12.1. The molecule has 1 fully saturated rings. The van der Waals surface area contributed by atoms with Crippen LogP contribution in [-0.4, -0.2) is 47.9 Å². The number of hydrogen-bond donors (Lipinski definition) is 1. The molecule has 0 spiro atoms. The van der Waals surface area contributed by atoms with E-state index in [2.05, 4.69) is 26.8 Å². The van der Waals surface area contributed by atoms with Crippen LogP contribution < -0.4 is 21.3 Å². The van der Waals surface area contributed by atoms with Crippen LogP contribution >= 0.6 is 0 Å². The molecule has 0 bridgehead atoms. The zero-order valence-corrected chi connectivity index (χ0v) is 20.5. The van der Waals surface area contributed by atoms with E-state index in [0.29, 0.717) is 28.7 Å². The van der Waals surface area contributed by atoms with Gasteiger partial charge in [-0.2, -0.15) is 4.98 Å². The number of pyridine rings is 2. The Morgan fingerprint density at radius 1 is 0.974 bits per heavy atom. The van der Waals surface area contributed by atoms with E-state index >= 15 is 0 Å². The molecule has 1 aliphatic heterocycles. The molecule has 0 unspecified atom stereocenters. The first-order chi connectivity index (χ1) is 18.8. The Hall–Kier alpha value is -5.13. The summed E-state index contributed by atoms with van der Waals surface area (Å²) in [5.41, 5.74) is 1.08. The number of nitrogens with zero attached hydrogens (tertiary/aromatic N) is 7. The normalized spacial score (nSPS) is 14.3. The van der Waals surface area contributed by atoms with Crippen molar-refractivity contribution in [1.82, 2.24) is 28.9 Å². The van der Waals surface area contributed by atoms with E-state index in [1.165, 1.54) is 21.5 Å². The smallest absolute Gasteiger partial charge is 0.282 e. The molecule has 0 saturated carbocycles. The SMILES string of the molecule is C=CCn1c(=O)c2cnc(Nc3ccc(N4CC(F)(F)C4)cc3)nc2n1-c1cccc(-n2ccccc2=O)n1. The first-order valence-corrected chi connectivity index (χ1v) is 12.1. The topological polar surface area (TPSA) is 103 Å². The van der Waals surface area contributed by atoms with Crippen molar-refractivity contribution < 1.29 is 8.78 Å². The number of nitrogens with one attached hydrogen (secondary N) is 1. The quantitative estimate of drug-likeness (QED) is 0.323. The van der Waals surface area contributed by atoms with Crippen molar-refractivity contribution in [3.63, 3.8) is 0 Å². The summed E-state index contributed by atoms with van der Waals surface area (Å²) in [6.45, 7) is 3.35. The fourth-order valence-corrected chi connectivity index (χ4v) is 4.47. The van der Waals surface area contributed by atoms with Crippen LogP contribution in [0, 0.1) is 0 Å². The van der Waals surface area contributed by atoms with Gasteiger partial charge < -0.3 is 10.2 Å². The van der Waals surface area contributed by atoms with E-state index in [4.69, 9.17) is 0 Å². The van der Waals surface area contributed by atoms with Crippen molar-refractivity contribution in [3.8, 4) is 11.6 Å². The van der Waals surface area contributed by atoms with Crippen molar-refractivity contribution in [3.05, 3.63) is 106 Å². The molecule has 5 aromatic rings. The van der Waals surface area contributed by atoms with E-state index < -0.39 is 5.92 Å². The molecule has 196 valence electrons. The second-order valence-electron chi connectivity index (χ2n) is 9.07. The van der Waals surface area contributed by atoms with E-state index in [1.807, 2.05) is 0 Å². The summed E-state index contributed by atoms with van der Waals surface area (Å²) in [5, 5.41) is 3.38. The number of hydrogen-bond acceptors (Lipinski definition) is 7. The predicted molar refractivity (Wildman–Crippen MR) is 144 cm³/mol. The van der Waals surface area contributed by atoms with Crippen LogP contribution in [0.4, 0.5) is 26.1 Å². The Kier molecular flexibility index (Phi) is 5.78. The number of aromatic nitrogens is 6. The summed E-state index contributed by atoms with van der Waals surface area (Å²) in [6.07, 6.45) is 4.64. The van der Waals surface area contributed by atoms with Gasteiger partial charge in [0.25, 0.3) is 17.0 Å². The first kappa shape index (κ1) is 24.2. The number of rotatable bonds is 7. The lowest BCUT2D eigenvalue weighted by Gasteiger charge is -2.40. The summed E-state index contributed by atoms with van der Waals surface area (Å²) in [6, 6.07) is 16.9. The summed E-state index contributed by atoms with van der Waals surface area (Å²) in [7, 11) is 0. The average molecular weight is 529 g/mol. The maximum atomic E-state index is 13.2. The predicted octanol–water partition coefficient (Wildman–Crippen LogP) is 3.51. The molecule has 0 radical (unpaired) electrons. The van der Waals surface area contributed by atoms with Gasteiger partial charge in [0.15, 0.2) is 11.5 Å². The molecule has 0 atom stereocenters. The Balaban J connectivity index is 1.38. The van der Waals surface area contributed by atoms with Gasteiger partial charge in [0.2, 0.25) is 5.95 Å². The Labute approximate surface area is 220 Å². The average Bonchev–Trinajstić information content (AvgIpc) is 3.19. The van der Waals surface area contributed by atoms with Gasteiger partial charge in [-0.1, -0.05) is 18.2 Å². The largest absolute Gasteiger partial charge is 0.359 e. The number of halogens is 2. The highest BCUT2D eigenvalue weighted by Gasteiger charge is 2.43. The van der Waals surface area contributed by atoms with Crippen LogP contribution in [0.15, 0.2) is 95.3 Å². The second-order valence-corrected chi connectivity index (χ2v) is 9.07. The number of anilines is 3. The maximum Gasteiger partial charge on any atom is 0.282 e. The van der Waals surface area contributed by atoms with Crippen LogP contribution in [0.3, 0.4) is 0 Å². The number of allylic oxidation sites excluding steroid dienone is 1. The van der Waals surface area contributed by atoms with Crippen molar-refractivity contribution >= 4 is 28.4 Å². The van der Waals surface area contributed by atoms with Crippen molar-refractivity contribution in [2.24, 2.45) is 0 Å². The molecule has 1 saturated heterocycles. The molecular weight excluding hydrogens is 506 g/mol. The number of alkyl halides is 2. The fraction of sp³-hybridized carbons (Fsp3) is 0.148. The Bertz CT molecular complexity index is 1820. The van der Waals surface area contributed by atoms with Crippen molar-refractivity contribution in [2.75, 3.05) is 23.3 Å². The minimum Gasteiger partial charge on any atom is -0.359 e. The highest BCUT2D eigenvalue weighted by atomic mass is 19.3. The van der Waals surface area contributed by atoms with E-state index in [0.717, 1.165) is 0 Å². The molecule has 1 aliphatic rings. The van der Waals surface area contributed by atoms with E-state index in [1.54, 1.807) is 76.5 Å². The monoisotopic (exact) mass is 528 g/mol. The summed E-state index contributed by atoms with van der Waals surface area (Å²) in [5.74, 6) is -1.67. The van der Waals surface area contributed by atoms with Crippen LogP contribution in [0.5, 0.6) is 0 Å². The highest BCUT2D eigenvalue weighted by molar-refractivity contribution is 5.77. The molecule has 1 aromatic carbocycles. The molecule has 1 N–H and O–H groups in total. The van der Waals surface area contributed by atoms with Gasteiger partial charge in [-0.05, 0) is 42.5 Å². The van der Waals surface area contributed by atoms with Gasteiger partial charge in [-0.25, -0.2) is 28.1 Å². The molecule has 4 aromatic heterocycles. The van der Waals surface area contributed by atoms with E-state index in [-0.39, 0.29) is 42.1 Å². The fourth-order valence-electron chi connectivity index (χ4n) is 4.47. The Morgan fingerprint density at radius 2 is 1.74 bits per heavy atom. The van der Waals surface area contributed by atoms with Gasteiger partial charge in [0, 0.05) is 29.8 Å². The van der Waals surface area contributed by atoms with Gasteiger partial charge in [0.1, 0.15) is 11.2 Å². The van der Waals surface area contributed by atoms with Gasteiger partial charge in [-0.3, -0.25) is 14.2 Å². The second kappa shape index (κ2) is 9.31. The van der Waals surface area contributed by atoms with Crippen LogP contribution in [-0.2, 0) is 6.54 Å². The lowest BCUT2D eigenvalue weighted by Crippen LogP contribution is -2.56. The Morgan fingerprint density at radius 3 is 2.46 bits per heavy atom. The lowest BCUT2D eigenvalue weighted by atomic mass is 10.1. The summed E-state index contributed by atoms with van der Waals surface area (Å²) < 4.78 is 30.8. The van der Waals surface area contributed by atoms with Gasteiger partial charge in [-0.15, -0.1) is 6.58 Å². The van der Waals surface area contributed by atoms with Gasteiger partial charge >= 0.3 is 0 Å². The maximum absolute atomic E-state index is 13.2. The van der Waals surface area contributed by atoms with Crippen molar-refractivity contribution in [1.29, 1.82) is 0 Å². The molecule has 12 heteroatoms. The molecule has 39 heavy (non-hydrogen) atoms. The molecule has 0 aliphatic carbocycles. The molecular formula is C27H22F2N8O2. The third-order valence-electron chi connectivity index (χ3n) is 6.32. The third-order valence-corrected chi connectivity index (χ3v) is 6.32. The standard InChI is InChI=1S/C27H22F2N8O2/c1-2-13-36-25(39)20-15-30-26(31-18-9-11-19(12-10-18)34-16-27(28,29)17-34)33-24(20)37(36)22-7-5-6-21(32-22)35-14-4-3-8-23(35)38/h2-12,14-15H,1,13,16-17H2,(H,30,31,33). The molecule has 10 nitrogen and oxygen atoms in total. The van der Waals surface area contributed by atoms with Crippen LogP contribution in [0.2, 0.25) is 0 Å². The van der Waals surface area contributed by atoms with Crippen molar-refractivity contribution in [2.45, 2.75) is 12.5 Å². The lowest BCUT2D eigenvalue weighted by molar-refractivity contribution is -0.0262. The third kappa shape index (κ3) is 4.45. The van der Waals surface area contributed by atoms with Crippen LogP contribution in [0.1, 0.15) is 0 Å². The number of fused-ring (bicyclic) bond motifs is 1. The minimum absolute atomic E-state index is 0.187. The van der Waals surface area contributed by atoms with Gasteiger partial charge in [0.05, 0.1) is 19.6 Å². The molecule has 5 heterocycles. The van der Waals surface area contributed by atoms with E-state index in [9.17, 15) is 18.4 Å².